The zero-order valence-electron chi connectivity index (χ0n) is 15.6. The van der Waals surface area contributed by atoms with Gasteiger partial charge in [-0.2, -0.15) is 0 Å². The maximum atomic E-state index is 12.4. The highest BCUT2D eigenvalue weighted by molar-refractivity contribution is 6.06. The molecule has 7 nitrogen and oxygen atoms in total. The summed E-state index contributed by atoms with van der Waals surface area (Å²) in [5, 5.41) is 12.6. The lowest BCUT2D eigenvalue weighted by Crippen LogP contribution is -2.30. The summed E-state index contributed by atoms with van der Waals surface area (Å²) in [6, 6.07) is 14.2. The van der Waals surface area contributed by atoms with E-state index in [0.29, 0.717) is 5.56 Å². The number of nitrogens with two attached hydrogens (primary N) is 1. The Hall–Kier alpha value is -3.61. The Bertz CT molecular complexity index is 997. The van der Waals surface area contributed by atoms with Crippen molar-refractivity contribution in [3.05, 3.63) is 71.0 Å². The maximum absolute atomic E-state index is 12.4. The molecule has 2 aromatic rings. The van der Waals surface area contributed by atoms with Crippen molar-refractivity contribution in [1.29, 1.82) is 0 Å². The SMILES string of the molecule is CC(NC(=O)C1=C(O)C(=O)N(C)C1)c1cccc(-c2cccc(C(N)=O)c2)c1. The van der Waals surface area contributed by atoms with Gasteiger partial charge in [0.15, 0.2) is 5.76 Å². The highest BCUT2D eigenvalue weighted by Gasteiger charge is 2.32. The molecule has 0 aromatic heterocycles. The fourth-order valence-corrected chi connectivity index (χ4v) is 3.08. The Morgan fingerprint density at radius 3 is 2.39 bits per heavy atom. The van der Waals surface area contributed by atoms with Gasteiger partial charge in [-0.15, -0.1) is 0 Å². The first-order valence-electron chi connectivity index (χ1n) is 8.76. The summed E-state index contributed by atoms with van der Waals surface area (Å²) >= 11 is 0. The Morgan fingerprint density at radius 1 is 1.14 bits per heavy atom. The Kier molecular flexibility index (Phi) is 5.17. The third-order valence-corrected chi connectivity index (χ3v) is 4.72. The number of nitrogens with zero attached hydrogens (tertiary/aromatic N) is 1. The van der Waals surface area contributed by atoms with E-state index in [2.05, 4.69) is 5.32 Å². The first-order chi connectivity index (χ1) is 13.3. The monoisotopic (exact) mass is 379 g/mol. The van der Waals surface area contributed by atoms with Gasteiger partial charge < -0.3 is 21.1 Å². The molecular formula is C21H21N3O4. The van der Waals surface area contributed by atoms with Crippen LogP contribution in [0.4, 0.5) is 0 Å². The van der Waals surface area contributed by atoms with E-state index in [-0.39, 0.29) is 18.2 Å². The predicted molar refractivity (Wildman–Crippen MR) is 104 cm³/mol. The van der Waals surface area contributed by atoms with E-state index < -0.39 is 23.5 Å². The number of nitrogens with one attached hydrogen (secondary N) is 1. The van der Waals surface area contributed by atoms with Gasteiger partial charge in [0.1, 0.15) is 0 Å². The minimum absolute atomic E-state index is 0.0599. The standard InChI is InChI=1S/C21H21N3O4/c1-12(23-20(27)17-11-24(2)21(28)18(17)25)13-5-3-6-14(9-13)15-7-4-8-16(10-15)19(22)26/h3-10,12,25H,11H2,1-2H3,(H2,22,26)(H,23,27). The molecule has 0 fully saturated rings. The second kappa shape index (κ2) is 7.56. The lowest BCUT2D eigenvalue weighted by molar-refractivity contribution is -0.126. The maximum Gasteiger partial charge on any atom is 0.289 e. The lowest BCUT2D eigenvalue weighted by Gasteiger charge is -2.16. The Labute approximate surface area is 162 Å². The van der Waals surface area contributed by atoms with E-state index in [1.54, 1.807) is 18.2 Å². The second-order valence-electron chi connectivity index (χ2n) is 6.75. The molecule has 0 bridgehead atoms. The van der Waals surface area contributed by atoms with Gasteiger partial charge >= 0.3 is 0 Å². The molecule has 1 unspecified atom stereocenters. The molecule has 1 aliphatic heterocycles. The van der Waals surface area contributed by atoms with Crippen LogP contribution in [0.5, 0.6) is 0 Å². The van der Waals surface area contributed by atoms with Crippen molar-refractivity contribution in [3.63, 3.8) is 0 Å². The molecule has 2 aromatic carbocycles. The van der Waals surface area contributed by atoms with Crippen molar-refractivity contribution in [1.82, 2.24) is 10.2 Å². The van der Waals surface area contributed by atoms with Crippen LogP contribution >= 0.6 is 0 Å². The van der Waals surface area contributed by atoms with E-state index in [0.717, 1.165) is 16.7 Å². The number of likely N-dealkylation sites (N-methyl/N-ethyl adjacent to an activating group) is 1. The number of carbonyl (C=O) groups excluding carboxylic acids is 3. The molecule has 7 heteroatoms. The van der Waals surface area contributed by atoms with E-state index in [4.69, 9.17) is 5.73 Å². The average molecular weight is 379 g/mol. The lowest BCUT2D eigenvalue weighted by atomic mass is 9.98. The van der Waals surface area contributed by atoms with Gasteiger partial charge in [0, 0.05) is 12.6 Å². The minimum atomic E-state index is -0.561. The van der Waals surface area contributed by atoms with Gasteiger partial charge in [0.05, 0.1) is 18.2 Å². The molecule has 0 saturated carbocycles. The summed E-state index contributed by atoms with van der Waals surface area (Å²) in [6.07, 6.45) is 0. The third kappa shape index (κ3) is 3.73. The van der Waals surface area contributed by atoms with Crippen LogP contribution in [0.3, 0.4) is 0 Å². The Morgan fingerprint density at radius 2 is 1.79 bits per heavy atom. The quantitative estimate of drug-likeness (QED) is 0.736. The Balaban J connectivity index is 1.80. The van der Waals surface area contributed by atoms with Gasteiger partial charge in [-0.3, -0.25) is 14.4 Å². The summed E-state index contributed by atoms with van der Waals surface area (Å²) in [5.74, 6) is -2.05. The minimum Gasteiger partial charge on any atom is -0.503 e. The van der Waals surface area contributed by atoms with Crippen LogP contribution in [0.15, 0.2) is 59.9 Å². The molecule has 0 aliphatic carbocycles. The topological polar surface area (TPSA) is 113 Å². The van der Waals surface area contributed by atoms with Crippen molar-refractivity contribution in [2.75, 3.05) is 13.6 Å². The summed E-state index contributed by atoms with van der Waals surface area (Å²) < 4.78 is 0. The van der Waals surface area contributed by atoms with Crippen LogP contribution in [0.2, 0.25) is 0 Å². The fraction of sp³-hybridized carbons (Fsp3) is 0.190. The van der Waals surface area contributed by atoms with Crippen LogP contribution in [0.1, 0.15) is 28.9 Å². The molecule has 3 rings (SSSR count). The third-order valence-electron chi connectivity index (χ3n) is 4.72. The molecule has 1 heterocycles. The number of hydrogen-bond donors (Lipinski definition) is 3. The number of hydrogen-bond acceptors (Lipinski definition) is 4. The van der Waals surface area contributed by atoms with Gasteiger partial charge in [-0.05, 0) is 41.8 Å². The van der Waals surface area contributed by atoms with Crippen LogP contribution in [-0.4, -0.2) is 41.3 Å². The van der Waals surface area contributed by atoms with Gasteiger partial charge in [-0.25, -0.2) is 0 Å². The van der Waals surface area contributed by atoms with E-state index in [1.165, 1.54) is 11.9 Å². The number of primary amides is 1. The molecule has 1 atom stereocenters. The molecule has 0 radical (unpaired) electrons. The zero-order chi connectivity index (χ0) is 20.4. The smallest absolute Gasteiger partial charge is 0.289 e. The number of carbonyl (C=O) groups is 3. The molecule has 1 aliphatic rings. The van der Waals surface area contributed by atoms with Gasteiger partial charge in [0.25, 0.3) is 11.8 Å². The molecule has 28 heavy (non-hydrogen) atoms. The molecule has 4 N–H and O–H groups in total. The van der Waals surface area contributed by atoms with Crippen LogP contribution in [0.25, 0.3) is 11.1 Å². The predicted octanol–water partition coefficient (Wildman–Crippen LogP) is 1.91. The first-order valence-corrected chi connectivity index (χ1v) is 8.76. The van der Waals surface area contributed by atoms with Crippen LogP contribution in [0, 0.1) is 0 Å². The molecular weight excluding hydrogens is 358 g/mol. The van der Waals surface area contributed by atoms with Crippen molar-refractivity contribution in [2.45, 2.75) is 13.0 Å². The van der Waals surface area contributed by atoms with E-state index >= 15 is 0 Å². The van der Waals surface area contributed by atoms with Crippen molar-refractivity contribution in [2.24, 2.45) is 5.73 Å². The van der Waals surface area contributed by atoms with Crippen LogP contribution in [-0.2, 0) is 9.59 Å². The first kappa shape index (κ1) is 19.2. The van der Waals surface area contributed by atoms with Crippen molar-refractivity contribution < 1.29 is 19.5 Å². The zero-order valence-corrected chi connectivity index (χ0v) is 15.6. The summed E-state index contributed by atoms with van der Waals surface area (Å²) in [7, 11) is 1.52. The second-order valence-corrected chi connectivity index (χ2v) is 6.75. The number of aliphatic hydroxyl groups excluding tert-OH is 1. The number of benzene rings is 2. The fourth-order valence-electron chi connectivity index (χ4n) is 3.08. The summed E-state index contributed by atoms with van der Waals surface area (Å²) in [6.45, 7) is 1.89. The average Bonchev–Trinajstić information content (AvgIpc) is 2.95. The van der Waals surface area contributed by atoms with Crippen LogP contribution < -0.4 is 11.1 Å². The van der Waals surface area contributed by atoms with Gasteiger partial charge in [0.2, 0.25) is 5.91 Å². The van der Waals surface area contributed by atoms with E-state index in [1.807, 2.05) is 37.3 Å². The number of rotatable bonds is 5. The number of aliphatic hydroxyl groups is 1. The summed E-state index contributed by atoms with van der Waals surface area (Å²) in [5.41, 5.74) is 8.37. The molecule has 0 spiro atoms. The highest BCUT2D eigenvalue weighted by Crippen LogP contribution is 2.25. The van der Waals surface area contributed by atoms with Crippen molar-refractivity contribution >= 4 is 17.7 Å². The van der Waals surface area contributed by atoms with E-state index in [9.17, 15) is 19.5 Å². The summed E-state index contributed by atoms with van der Waals surface area (Å²) in [4.78, 5) is 36.8. The normalized spacial score (nSPS) is 14.9. The highest BCUT2D eigenvalue weighted by atomic mass is 16.3. The largest absolute Gasteiger partial charge is 0.503 e. The van der Waals surface area contributed by atoms with Crippen molar-refractivity contribution in [3.8, 4) is 11.1 Å². The molecule has 144 valence electrons. The number of amides is 3. The molecule has 3 amide bonds. The van der Waals surface area contributed by atoms with Gasteiger partial charge in [-0.1, -0.05) is 30.3 Å². The molecule has 0 saturated heterocycles.